The lowest BCUT2D eigenvalue weighted by molar-refractivity contribution is 0.653. The Labute approximate surface area is 107 Å². The van der Waals surface area contributed by atoms with Crippen molar-refractivity contribution in [2.24, 2.45) is 5.84 Å². The van der Waals surface area contributed by atoms with E-state index in [0.717, 1.165) is 15.9 Å². The molecule has 3 aromatic rings. The molecule has 0 aliphatic heterocycles. The van der Waals surface area contributed by atoms with Gasteiger partial charge < -0.3 is 5.43 Å². The van der Waals surface area contributed by atoms with Gasteiger partial charge in [0.15, 0.2) is 11.6 Å². The molecule has 0 unspecified atom stereocenters. The van der Waals surface area contributed by atoms with Crippen LogP contribution in [0.5, 0.6) is 0 Å². The molecule has 3 N–H and O–H groups in total. The summed E-state index contributed by atoms with van der Waals surface area (Å²) in [6, 6.07) is 3.91. The Balaban J connectivity index is 2.01. The lowest BCUT2D eigenvalue weighted by Gasteiger charge is -2.05. The zero-order valence-corrected chi connectivity index (χ0v) is 10.6. The van der Waals surface area contributed by atoms with Crippen LogP contribution in [0.15, 0.2) is 23.7 Å². The molecule has 0 fully saturated rings. The minimum Gasteiger partial charge on any atom is -0.308 e. The quantitative estimate of drug-likeness (QED) is 0.551. The molecule has 0 amide bonds. The maximum atomic E-state index is 5.48. The van der Waals surface area contributed by atoms with Crippen LogP contribution in [0.2, 0.25) is 0 Å². The number of anilines is 1. The van der Waals surface area contributed by atoms with Gasteiger partial charge in [0.2, 0.25) is 0 Å². The van der Waals surface area contributed by atoms with E-state index in [1.807, 2.05) is 35.3 Å². The summed E-state index contributed by atoms with van der Waals surface area (Å²) in [7, 11) is 0. The molecule has 3 rings (SSSR count). The van der Waals surface area contributed by atoms with Gasteiger partial charge in [-0.15, -0.1) is 11.3 Å². The third-order valence-corrected chi connectivity index (χ3v) is 3.39. The lowest BCUT2D eigenvalue weighted by Crippen LogP contribution is -2.12. The fourth-order valence-electron chi connectivity index (χ4n) is 1.78. The van der Waals surface area contributed by atoms with Crippen LogP contribution >= 0.6 is 11.3 Å². The Bertz CT molecular complexity index is 686. The number of thiophene rings is 1. The SMILES string of the molecule is Cc1ccn(Cc2nc(NN)c3ccsc3n2)n1. The van der Waals surface area contributed by atoms with Crippen molar-refractivity contribution < 1.29 is 0 Å². The van der Waals surface area contributed by atoms with Crippen molar-refractivity contribution in [3.05, 3.63) is 35.2 Å². The van der Waals surface area contributed by atoms with Crippen molar-refractivity contribution in [2.75, 3.05) is 5.43 Å². The van der Waals surface area contributed by atoms with Gasteiger partial charge >= 0.3 is 0 Å². The smallest absolute Gasteiger partial charge is 0.153 e. The second-order valence-electron chi connectivity index (χ2n) is 3.93. The summed E-state index contributed by atoms with van der Waals surface area (Å²) >= 11 is 1.57. The molecule has 0 bridgehead atoms. The average molecular weight is 260 g/mol. The average Bonchev–Trinajstić information content (AvgIpc) is 2.97. The Morgan fingerprint density at radius 2 is 2.28 bits per heavy atom. The van der Waals surface area contributed by atoms with Crippen molar-refractivity contribution in [1.82, 2.24) is 19.7 Å². The van der Waals surface area contributed by atoms with E-state index in [2.05, 4.69) is 20.5 Å². The van der Waals surface area contributed by atoms with E-state index in [1.165, 1.54) is 0 Å². The molecule has 0 radical (unpaired) electrons. The van der Waals surface area contributed by atoms with Gasteiger partial charge in [-0.25, -0.2) is 15.8 Å². The van der Waals surface area contributed by atoms with E-state index in [-0.39, 0.29) is 0 Å². The number of aromatic nitrogens is 4. The normalized spacial score (nSPS) is 11.0. The Morgan fingerprint density at radius 3 is 3.00 bits per heavy atom. The van der Waals surface area contributed by atoms with Gasteiger partial charge in [-0.2, -0.15) is 5.10 Å². The summed E-state index contributed by atoms with van der Waals surface area (Å²) in [5.74, 6) is 6.83. The summed E-state index contributed by atoms with van der Waals surface area (Å²) in [5, 5.41) is 7.24. The molecule has 3 heterocycles. The van der Waals surface area contributed by atoms with E-state index in [9.17, 15) is 0 Å². The standard InChI is InChI=1S/C11H12N6S/c1-7-2-4-17(16-7)6-9-13-10(15-12)8-3-5-18-11(8)14-9/h2-5H,6,12H2,1H3,(H,13,14,15). The van der Waals surface area contributed by atoms with Gasteiger partial charge in [-0.1, -0.05) is 0 Å². The molecule has 7 heteroatoms. The minimum absolute atomic E-state index is 0.538. The largest absolute Gasteiger partial charge is 0.308 e. The summed E-state index contributed by atoms with van der Waals surface area (Å²) in [6.45, 7) is 2.49. The number of nitrogen functional groups attached to an aromatic ring is 1. The lowest BCUT2D eigenvalue weighted by atomic mass is 10.4. The van der Waals surface area contributed by atoms with E-state index in [4.69, 9.17) is 5.84 Å². The number of hydrazine groups is 1. The van der Waals surface area contributed by atoms with Gasteiger partial charge in [0.25, 0.3) is 0 Å². The first-order chi connectivity index (χ1) is 8.76. The Morgan fingerprint density at radius 1 is 1.39 bits per heavy atom. The number of nitrogens with two attached hydrogens (primary N) is 1. The van der Waals surface area contributed by atoms with Crippen LogP contribution in [-0.2, 0) is 6.54 Å². The highest BCUT2D eigenvalue weighted by molar-refractivity contribution is 7.16. The van der Waals surface area contributed by atoms with Crippen LogP contribution in [0.1, 0.15) is 11.5 Å². The third kappa shape index (κ3) is 1.93. The highest BCUT2D eigenvalue weighted by Crippen LogP contribution is 2.24. The summed E-state index contributed by atoms with van der Waals surface area (Å²) in [4.78, 5) is 9.82. The van der Waals surface area contributed by atoms with Crippen molar-refractivity contribution in [3.63, 3.8) is 0 Å². The molecule has 3 aromatic heterocycles. The number of nitrogens with one attached hydrogen (secondary N) is 1. The molecular weight excluding hydrogens is 248 g/mol. The number of hydrogen-bond acceptors (Lipinski definition) is 6. The van der Waals surface area contributed by atoms with Gasteiger partial charge in [0, 0.05) is 6.20 Å². The first kappa shape index (κ1) is 11.1. The first-order valence-electron chi connectivity index (χ1n) is 5.47. The fourth-order valence-corrected chi connectivity index (χ4v) is 2.56. The van der Waals surface area contributed by atoms with Gasteiger partial charge in [-0.05, 0) is 24.4 Å². The summed E-state index contributed by atoms with van der Waals surface area (Å²) < 4.78 is 1.81. The molecule has 0 atom stereocenters. The highest BCUT2D eigenvalue weighted by Gasteiger charge is 2.08. The summed E-state index contributed by atoms with van der Waals surface area (Å²) in [5.41, 5.74) is 3.59. The zero-order chi connectivity index (χ0) is 12.5. The molecule has 0 spiro atoms. The zero-order valence-electron chi connectivity index (χ0n) is 9.79. The van der Waals surface area contributed by atoms with Crippen LogP contribution in [0.3, 0.4) is 0 Å². The van der Waals surface area contributed by atoms with Crippen molar-refractivity contribution >= 4 is 27.4 Å². The highest BCUT2D eigenvalue weighted by atomic mass is 32.1. The van der Waals surface area contributed by atoms with Crippen LogP contribution in [0, 0.1) is 6.92 Å². The van der Waals surface area contributed by atoms with Crippen LogP contribution in [0.25, 0.3) is 10.2 Å². The molecule has 92 valence electrons. The van der Waals surface area contributed by atoms with Crippen LogP contribution < -0.4 is 11.3 Å². The maximum Gasteiger partial charge on any atom is 0.153 e. The van der Waals surface area contributed by atoms with Crippen molar-refractivity contribution in [3.8, 4) is 0 Å². The number of hydrogen-bond donors (Lipinski definition) is 2. The van der Waals surface area contributed by atoms with Gasteiger partial charge in [0.05, 0.1) is 11.1 Å². The number of aryl methyl sites for hydroxylation is 1. The Hall–Kier alpha value is -1.99. The van der Waals surface area contributed by atoms with Crippen LogP contribution in [-0.4, -0.2) is 19.7 Å². The van der Waals surface area contributed by atoms with E-state index < -0.39 is 0 Å². The molecule has 18 heavy (non-hydrogen) atoms. The Kier molecular flexibility index (Phi) is 2.69. The van der Waals surface area contributed by atoms with Crippen molar-refractivity contribution in [2.45, 2.75) is 13.5 Å². The van der Waals surface area contributed by atoms with E-state index in [0.29, 0.717) is 18.2 Å². The first-order valence-corrected chi connectivity index (χ1v) is 6.35. The van der Waals surface area contributed by atoms with E-state index >= 15 is 0 Å². The molecule has 6 nitrogen and oxygen atoms in total. The van der Waals surface area contributed by atoms with Gasteiger partial charge in [0.1, 0.15) is 11.4 Å². The molecule has 0 aliphatic rings. The topological polar surface area (TPSA) is 81.7 Å². The number of rotatable bonds is 3. The van der Waals surface area contributed by atoms with E-state index in [1.54, 1.807) is 11.3 Å². The number of fused-ring (bicyclic) bond motifs is 1. The summed E-state index contributed by atoms with van der Waals surface area (Å²) in [6.07, 6.45) is 1.91. The molecular formula is C11H12N6S. The minimum atomic E-state index is 0.538. The molecule has 0 saturated carbocycles. The van der Waals surface area contributed by atoms with Crippen molar-refractivity contribution in [1.29, 1.82) is 0 Å². The molecule has 0 aromatic carbocycles. The third-order valence-electron chi connectivity index (χ3n) is 2.59. The van der Waals surface area contributed by atoms with Gasteiger partial charge in [-0.3, -0.25) is 4.68 Å². The number of nitrogens with zero attached hydrogens (tertiary/aromatic N) is 4. The maximum absolute atomic E-state index is 5.48. The second kappa shape index (κ2) is 4.35. The predicted octanol–water partition coefficient (Wildman–Crippen LogP) is 1.53. The molecule has 0 saturated heterocycles. The monoisotopic (exact) mass is 260 g/mol. The van der Waals surface area contributed by atoms with Crippen LogP contribution in [0.4, 0.5) is 5.82 Å². The molecule has 0 aliphatic carbocycles. The second-order valence-corrected chi connectivity index (χ2v) is 4.82. The predicted molar refractivity (Wildman–Crippen MR) is 71.3 cm³/mol. The fraction of sp³-hybridized carbons (Fsp3) is 0.182.